The summed E-state index contributed by atoms with van der Waals surface area (Å²) in [6.45, 7) is 2.15. The number of anilines is 1. The Labute approximate surface area is 128 Å². The first-order valence-electron chi connectivity index (χ1n) is 6.96. The molecule has 3 aromatic rings. The van der Waals surface area contributed by atoms with Gasteiger partial charge in [-0.25, -0.2) is 4.98 Å². The summed E-state index contributed by atoms with van der Waals surface area (Å²) in [4.78, 5) is 8.16. The molecule has 0 spiro atoms. The summed E-state index contributed by atoms with van der Waals surface area (Å²) in [6, 6.07) is 14.4. The van der Waals surface area contributed by atoms with Crippen molar-refractivity contribution in [2.75, 3.05) is 11.9 Å². The molecule has 0 saturated carbocycles. The van der Waals surface area contributed by atoms with Crippen LogP contribution in [0.2, 0.25) is 0 Å². The third-order valence-corrected chi connectivity index (χ3v) is 4.86. The minimum Gasteiger partial charge on any atom is -0.392 e. The Morgan fingerprint density at radius 1 is 1.24 bits per heavy atom. The van der Waals surface area contributed by atoms with E-state index in [1.165, 1.54) is 4.88 Å². The fraction of sp³-hybridized carbons (Fsp3) is 0.235. The summed E-state index contributed by atoms with van der Waals surface area (Å²) in [6.07, 6.45) is 0. The van der Waals surface area contributed by atoms with Crippen LogP contribution in [0.1, 0.15) is 23.4 Å². The first-order valence-corrected chi connectivity index (χ1v) is 7.84. The Kier molecular flexibility index (Phi) is 3.90. The molecule has 1 N–H and O–H groups in total. The van der Waals surface area contributed by atoms with Gasteiger partial charge in [-0.05, 0) is 30.5 Å². The topological polar surface area (TPSA) is 36.4 Å². The van der Waals surface area contributed by atoms with Crippen molar-refractivity contribution >= 4 is 28.1 Å². The molecule has 21 heavy (non-hydrogen) atoms. The molecule has 0 bridgehead atoms. The van der Waals surface area contributed by atoms with Crippen LogP contribution in [0.4, 0.5) is 5.82 Å². The molecule has 0 aliphatic carbocycles. The lowest BCUT2D eigenvalue weighted by Gasteiger charge is -2.27. The number of rotatable bonds is 4. The zero-order chi connectivity index (χ0) is 14.8. The van der Waals surface area contributed by atoms with Gasteiger partial charge in [0.2, 0.25) is 0 Å². The number of aliphatic hydroxyl groups is 1. The Balaban J connectivity index is 2.05. The number of para-hydroxylation sites is 1. The number of pyridine rings is 1. The summed E-state index contributed by atoms with van der Waals surface area (Å²) < 4.78 is 0. The van der Waals surface area contributed by atoms with Gasteiger partial charge in [0.25, 0.3) is 0 Å². The van der Waals surface area contributed by atoms with E-state index < -0.39 is 0 Å². The largest absolute Gasteiger partial charge is 0.392 e. The average Bonchev–Trinajstić information content (AvgIpc) is 3.06. The normalized spacial score (nSPS) is 12.5. The molecule has 0 saturated heterocycles. The molecule has 3 nitrogen and oxygen atoms in total. The van der Waals surface area contributed by atoms with E-state index in [2.05, 4.69) is 29.3 Å². The van der Waals surface area contributed by atoms with Gasteiger partial charge < -0.3 is 10.0 Å². The predicted octanol–water partition coefficient (Wildman–Crippen LogP) is 3.99. The number of hydrogen-bond donors (Lipinski definition) is 1. The molecule has 1 atom stereocenters. The summed E-state index contributed by atoms with van der Waals surface area (Å²) in [5, 5.41) is 12.8. The van der Waals surface area contributed by atoms with Crippen molar-refractivity contribution in [2.24, 2.45) is 0 Å². The van der Waals surface area contributed by atoms with Crippen LogP contribution in [-0.2, 0) is 6.61 Å². The van der Waals surface area contributed by atoms with Crippen LogP contribution >= 0.6 is 11.3 Å². The van der Waals surface area contributed by atoms with Crippen molar-refractivity contribution in [3.8, 4) is 0 Å². The quantitative estimate of drug-likeness (QED) is 0.791. The van der Waals surface area contributed by atoms with Gasteiger partial charge in [-0.1, -0.05) is 24.3 Å². The predicted molar refractivity (Wildman–Crippen MR) is 88.8 cm³/mol. The molecule has 0 fully saturated rings. The van der Waals surface area contributed by atoms with E-state index in [1.807, 2.05) is 37.4 Å². The molecule has 1 aromatic carbocycles. The van der Waals surface area contributed by atoms with Gasteiger partial charge >= 0.3 is 0 Å². The van der Waals surface area contributed by atoms with Crippen molar-refractivity contribution in [3.05, 3.63) is 58.3 Å². The van der Waals surface area contributed by atoms with Gasteiger partial charge in [0.05, 0.1) is 18.2 Å². The molecule has 0 aliphatic rings. The maximum Gasteiger partial charge on any atom is 0.135 e. The molecule has 3 rings (SSSR count). The third-order valence-electron chi connectivity index (χ3n) is 3.82. The fourth-order valence-electron chi connectivity index (χ4n) is 2.47. The van der Waals surface area contributed by atoms with E-state index in [-0.39, 0.29) is 12.6 Å². The molecule has 0 aliphatic heterocycles. The van der Waals surface area contributed by atoms with Gasteiger partial charge in [-0.3, -0.25) is 0 Å². The van der Waals surface area contributed by atoms with Gasteiger partial charge in [-0.15, -0.1) is 11.3 Å². The maximum absolute atomic E-state index is 9.68. The number of benzene rings is 1. The van der Waals surface area contributed by atoms with Crippen LogP contribution in [0.25, 0.3) is 10.9 Å². The molecular weight excluding hydrogens is 280 g/mol. The molecule has 2 heterocycles. The van der Waals surface area contributed by atoms with Crippen LogP contribution < -0.4 is 4.90 Å². The minimum atomic E-state index is -0.00529. The Morgan fingerprint density at radius 2 is 2.05 bits per heavy atom. The smallest absolute Gasteiger partial charge is 0.135 e. The second kappa shape index (κ2) is 5.84. The van der Waals surface area contributed by atoms with Gasteiger partial charge in [-0.2, -0.15) is 0 Å². The van der Waals surface area contributed by atoms with E-state index in [0.717, 1.165) is 22.3 Å². The Morgan fingerprint density at radius 3 is 2.76 bits per heavy atom. The van der Waals surface area contributed by atoms with Crippen LogP contribution in [0, 0.1) is 0 Å². The molecule has 0 amide bonds. The molecule has 108 valence electrons. The second-order valence-corrected chi connectivity index (χ2v) is 6.10. The van der Waals surface area contributed by atoms with Crippen LogP contribution in [-0.4, -0.2) is 17.1 Å². The molecule has 2 aromatic heterocycles. The standard InChI is InChI=1S/C17H18N2OS/c1-12(16-8-5-9-21-16)19(2)17-14(11-20)10-13-6-3-4-7-15(13)18-17/h3-10,12,20H,11H2,1-2H3. The van der Waals surface area contributed by atoms with E-state index >= 15 is 0 Å². The zero-order valence-electron chi connectivity index (χ0n) is 12.2. The van der Waals surface area contributed by atoms with Crippen molar-refractivity contribution in [2.45, 2.75) is 19.6 Å². The average molecular weight is 298 g/mol. The number of fused-ring (bicyclic) bond motifs is 1. The number of thiophene rings is 1. The Hall–Kier alpha value is -1.91. The lowest BCUT2D eigenvalue weighted by Crippen LogP contribution is -2.23. The number of hydrogen-bond acceptors (Lipinski definition) is 4. The van der Waals surface area contributed by atoms with Gasteiger partial charge in [0, 0.05) is 22.9 Å². The van der Waals surface area contributed by atoms with Crippen molar-refractivity contribution < 1.29 is 5.11 Å². The first kappa shape index (κ1) is 14.0. The molecule has 4 heteroatoms. The molecular formula is C17H18N2OS. The molecule has 1 unspecified atom stereocenters. The number of aliphatic hydroxyl groups excluding tert-OH is 1. The van der Waals surface area contributed by atoms with E-state index in [0.29, 0.717) is 0 Å². The number of nitrogens with zero attached hydrogens (tertiary/aromatic N) is 2. The highest BCUT2D eigenvalue weighted by Crippen LogP contribution is 2.31. The maximum atomic E-state index is 9.68. The first-order chi connectivity index (χ1) is 10.2. The zero-order valence-corrected chi connectivity index (χ0v) is 13.0. The summed E-state index contributed by atoms with van der Waals surface area (Å²) in [5.74, 6) is 0.845. The lowest BCUT2D eigenvalue weighted by atomic mass is 10.1. The Bertz CT molecular complexity index is 740. The third kappa shape index (κ3) is 2.64. The lowest BCUT2D eigenvalue weighted by molar-refractivity contribution is 0.281. The highest BCUT2D eigenvalue weighted by molar-refractivity contribution is 7.10. The minimum absolute atomic E-state index is 0.00529. The van der Waals surface area contributed by atoms with E-state index in [4.69, 9.17) is 4.98 Å². The van der Waals surface area contributed by atoms with Crippen molar-refractivity contribution in [3.63, 3.8) is 0 Å². The SMILES string of the molecule is CC(c1cccs1)N(C)c1nc2ccccc2cc1CO. The van der Waals surface area contributed by atoms with Crippen molar-refractivity contribution in [1.29, 1.82) is 0 Å². The highest BCUT2D eigenvalue weighted by Gasteiger charge is 2.18. The van der Waals surface area contributed by atoms with E-state index in [1.54, 1.807) is 11.3 Å². The molecule has 0 radical (unpaired) electrons. The van der Waals surface area contributed by atoms with E-state index in [9.17, 15) is 5.11 Å². The van der Waals surface area contributed by atoms with Crippen LogP contribution in [0.15, 0.2) is 47.8 Å². The summed E-state index contributed by atoms with van der Waals surface area (Å²) >= 11 is 1.74. The van der Waals surface area contributed by atoms with Crippen LogP contribution in [0.3, 0.4) is 0 Å². The van der Waals surface area contributed by atoms with Gasteiger partial charge in [0.1, 0.15) is 5.82 Å². The highest BCUT2D eigenvalue weighted by atomic mass is 32.1. The van der Waals surface area contributed by atoms with Gasteiger partial charge in [0.15, 0.2) is 0 Å². The van der Waals surface area contributed by atoms with Crippen LogP contribution in [0.5, 0.6) is 0 Å². The van der Waals surface area contributed by atoms with Crippen molar-refractivity contribution in [1.82, 2.24) is 4.98 Å². The summed E-state index contributed by atoms with van der Waals surface area (Å²) in [7, 11) is 2.03. The second-order valence-electron chi connectivity index (χ2n) is 5.12. The fourth-order valence-corrected chi connectivity index (χ4v) is 3.30. The number of aromatic nitrogens is 1. The monoisotopic (exact) mass is 298 g/mol. The summed E-state index contributed by atoms with van der Waals surface area (Å²) in [5.41, 5.74) is 1.81.